The zero-order chi connectivity index (χ0) is 17.5. The monoisotopic (exact) mass is 360 g/mol. The van der Waals surface area contributed by atoms with E-state index < -0.39 is 58.3 Å². The van der Waals surface area contributed by atoms with E-state index in [1.165, 1.54) is 0 Å². The van der Waals surface area contributed by atoms with Crippen molar-refractivity contribution < 1.29 is 36.4 Å². The van der Waals surface area contributed by atoms with Gasteiger partial charge >= 0.3 is 11.9 Å². The van der Waals surface area contributed by atoms with Crippen LogP contribution < -0.4 is 0 Å². The Bertz CT molecular complexity index is 654. The molecular formula is C15H20O8S. The summed E-state index contributed by atoms with van der Waals surface area (Å²) >= 11 is 0. The summed E-state index contributed by atoms with van der Waals surface area (Å²) in [5.74, 6) is -1.56. The van der Waals surface area contributed by atoms with E-state index in [0.29, 0.717) is 6.42 Å². The van der Waals surface area contributed by atoms with Gasteiger partial charge in [0.05, 0.1) is 0 Å². The van der Waals surface area contributed by atoms with Crippen molar-refractivity contribution in [2.45, 2.75) is 56.4 Å². The fraction of sp³-hybridized carbons (Fsp3) is 0.733. The van der Waals surface area contributed by atoms with Crippen LogP contribution in [0.3, 0.4) is 0 Å². The number of carbonyl (C=O) groups is 2. The van der Waals surface area contributed by atoms with E-state index in [1.54, 1.807) is 6.92 Å². The fourth-order valence-electron chi connectivity index (χ4n) is 3.54. The molecule has 6 unspecified atom stereocenters. The molecule has 3 aliphatic rings. The van der Waals surface area contributed by atoms with Crippen molar-refractivity contribution in [2.24, 2.45) is 5.92 Å². The van der Waals surface area contributed by atoms with Crippen molar-refractivity contribution in [2.75, 3.05) is 6.61 Å². The first-order chi connectivity index (χ1) is 11.3. The van der Waals surface area contributed by atoms with E-state index in [-0.39, 0.29) is 12.3 Å². The van der Waals surface area contributed by atoms with Crippen molar-refractivity contribution in [3.8, 4) is 0 Å². The lowest BCUT2D eigenvalue weighted by molar-refractivity contribution is -0.166. The molecule has 0 spiro atoms. The highest BCUT2D eigenvalue weighted by molar-refractivity contribution is 7.87. The number of esters is 2. The Morgan fingerprint density at radius 3 is 2.62 bits per heavy atom. The van der Waals surface area contributed by atoms with Gasteiger partial charge in [-0.2, -0.15) is 8.42 Å². The first-order valence-electron chi connectivity index (χ1n) is 7.89. The summed E-state index contributed by atoms with van der Waals surface area (Å²) in [6.45, 7) is 3.07. The zero-order valence-electron chi connectivity index (χ0n) is 13.4. The van der Waals surface area contributed by atoms with Crippen molar-refractivity contribution in [3.63, 3.8) is 0 Å². The summed E-state index contributed by atoms with van der Waals surface area (Å²) < 4.78 is 44.7. The van der Waals surface area contributed by atoms with Gasteiger partial charge < -0.3 is 14.2 Å². The first-order valence-corrected chi connectivity index (χ1v) is 9.36. The molecule has 3 saturated heterocycles. The molecule has 3 heterocycles. The largest absolute Gasteiger partial charge is 0.454 e. The van der Waals surface area contributed by atoms with E-state index in [0.717, 1.165) is 0 Å². The summed E-state index contributed by atoms with van der Waals surface area (Å²) in [7, 11) is -3.70. The normalized spacial score (nSPS) is 38.6. The predicted octanol–water partition coefficient (Wildman–Crippen LogP) is 0.312. The number of carbonyl (C=O) groups excluding carboxylic acids is 2. The lowest BCUT2D eigenvalue weighted by Gasteiger charge is -2.25. The van der Waals surface area contributed by atoms with Crippen molar-refractivity contribution in [1.82, 2.24) is 0 Å². The van der Waals surface area contributed by atoms with Crippen LogP contribution in [-0.4, -0.2) is 56.6 Å². The number of fused-ring (bicyclic) bond motifs is 1. The van der Waals surface area contributed by atoms with Gasteiger partial charge in [-0.1, -0.05) is 19.1 Å². The van der Waals surface area contributed by atoms with Crippen molar-refractivity contribution in [3.05, 3.63) is 12.2 Å². The molecule has 0 aromatic carbocycles. The van der Waals surface area contributed by atoms with Crippen LogP contribution in [0, 0.1) is 5.92 Å². The molecule has 0 radical (unpaired) electrons. The number of rotatable bonds is 6. The Labute approximate surface area is 140 Å². The highest BCUT2D eigenvalue weighted by atomic mass is 32.2. The maximum Gasteiger partial charge on any atom is 0.344 e. The minimum Gasteiger partial charge on any atom is -0.454 e. The van der Waals surface area contributed by atoms with Crippen LogP contribution >= 0.6 is 0 Å². The Kier molecular flexibility index (Phi) is 4.67. The maximum atomic E-state index is 11.9. The quantitative estimate of drug-likeness (QED) is 0.379. The smallest absolute Gasteiger partial charge is 0.344 e. The number of ether oxygens (including phenoxy) is 3. The second kappa shape index (κ2) is 6.45. The van der Waals surface area contributed by atoms with Gasteiger partial charge in [0, 0.05) is 12.3 Å². The van der Waals surface area contributed by atoms with Crippen LogP contribution in [-0.2, 0) is 38.1 Å². The molecule has 8 nitrogen and oxygen atoms in total. The van der Waals surface area contributed by atoms with Crippen molar-refractivity contribution >= 4 is 22.1 Å². The minimum atomic E-state index is -3.70. The molecule has 134 valence electrons. The third-order valence-electron chi connectivity index (χ3n) is 4.59. The molecule has 3 fully saturated rings. The Morgan fingerprint density at radius 1 is 1.17 bits per heavy atom. The van der Waals surface area contributed by atoms with Crippen molar-refractivity contribution in [1.29, 1.82) is 0 Å². The van der Waals surface area contributed by atoms with E-state index >= 15 is 0 Å². The summed E-state index contributed by atoms with van der Waals surface area (Å²) in [6, 6.07) is 0. The molecule has 0 amide bonds. The van der Waals surface area contributed by atoms with Gasteiger partial charge in [0.15, 0.2) is 12.7 Å². The van der Waals surface area contributed by atoms with Crippen LogP contribution in [0.15, 0.2) is 12.2 Å². The highest BCUT2D eigenvalue weighted by Gasteiger charge is 2.70. The summed E-state index contributed by atoms with van der Waals surface area (Å²) in [5.41, 5.74) is 0. The molecule has 0 N–H and O–H groups in total. The standard InChI is InChI=1S/C15H20O8S/c1-3-4-5-6-9(16)20-7-10(17)21-12-11-8(2)15-14(22-11)13(12)23-24(15,18)19/h3-4,8,11-15H,5-7H2,1-2H3/b4-3-. The lowest BCUT2D eigenvalue weighted by atomic mass is 9.86. The van der Waals surface area contributed by atoms with E-state index in [1.807, 2.05) is 19.1 Å². The molecule has 3 rings (SSSR count). The minimum absolute atomic E-state index is 0.178. The third kappa shape index (κ3) is 2.96. The molecule has 0 saturated carbocycles. The molecule has 0 aromatic rings. The number of hydrogen-bond acceptors (Lipinski definition) is 8. The second-order valence-corrected chi connectivity index (χ2v) is 7.89. The lowest BCUT2D eigenvalue weighted by Crippen LogP contribution is -2.46. The zero-order valence-corrected chi connectivity index (χ0v) is 14.2. The highest BCUT2D eigenvalue weighted by Crippen LogP contribution is 2.50. The van der Waals surface area contributed by atoms with E-state index in [2.05, 4.69) is 0 Å². The van der Waals surface area contributed by atoms with Crippen LogP contribution in [0.4, 0.5) is 0 Å². The van der Waals surface area contributed by atoms with Gasteiger partial charge in [-0.3, -0.25) is 8.98 Å². The van der Waals surface area contributed by atoms with Crippen LogP contribution in [0.2, 0.25) is 0 Å². The van der Waals surface area contributed by atoms with Gasteiger partial charge in [-0.15, -0.1) is 0 Å². The first kappa shape index (κ1) is 17.4. The Hall–Kier alpha value is -1.45. The van der Waals surface area contributed by atoms with Crippen LogP contribution in [0.5, 0.6) is 0 Å². The Morgan fingerprint density at radius 2 is 1.92 bits per heavy atom. The van der Waals surface area contributed by atoms with E-state index in [4.69, 9.17) is 18.4 Å². The number of hydrogen-bond donors (Lipinski definition) is 0. The number of allylic oxidation sites excluding steroid dienone is 2. The summed E-state index contributed by atoms with van der Waals surface area (Å²) in [6.07, 6.45) is 1.63. The molecule has 9 heteroatoms. The predicted molar refractivity (Wildman–Crippen MR) is 80.3 cm³/mol. The molecule has 0 aromatic heterocycles. The van der Waals surface area contributed by atoms with Gasteiger partial charge in [0.1, 0.15) is 23.6 Å². The average molecular weight is 360 g/mol. The van der Waals surface area contributed by atoms with E-state index in [9.17, 15) is 18.0 Å². The van der Waals surface area contributed by atoms with Gasteiger partial charge in [-0.05, 0) is 13.3 Å². The third-order valence-corrected chi connectivity index (χ3v) is 6.45. The van der Waals surface area contributed by atoms with Crippen LogP contribution in [0.25, 0.3) is 0 Å². The second-order valence-electron chi connectivity index (χ2n) is 6.17. The maximum absolute atomic E-state index is 11.9. The summed E-state index contributed by atoms with van der Waals surface area (Å²) in [5, 5.41) is -0.702. The Balaban J connectivity index is 1.52. The van der Waals surface area contributed by atoms with Crippen LogP contribution in [0.1, 0.15) is 26.7 Å². The molecule has 24 heavy (non-hydrogen) atoms. The molecule has 0 aliphatic carbocycles. The van der Waals surface area contributed by atoms with Gasteiger partial charge in [0.2, 0.25) is 0 Å². The SMILES string of the molecule is C/C=C\CCC(=O)OCC(=O)OC1C2OC3C1OS(=O)(=O)C3C2C. The van der Waals surface area contributed by atoms with Gasteiger partial charge in [-0.25, -0.2) is 4.79 Å². The molecule has 2 bridgehead atoms. The molecule has 6 atom stereocenters. The molecule has 3 aliphatic heterocycles. The summed E-state index contributed by atoms with van der Waals surface area (Å²) in [4.78, 5) is 23.3. The fourth-order valence-corrected chi connectivity index (χ4v) is 5.42. The van der Waals surface area contributed by atoms with Gasteiger partial charge in [0.25, 0.3) is 10.1 Å². The topological polar surface area (TPSA) is 105 Å². The average Bonchev–Trinajstić information content (AvgIpc) is 3.08. The molecular weight excluding hydrogens is 340 g/mol.